The van der Waals surface area contributed by atoms with Crippen molar-refractivity contribution in [3.05, 3.63) is 23.8 Å². The predicted molar refractivity (Wildman–Crippen MR) is 81.4 cm³/mol. The van der Waals surface area contributed by atoms with Crippen molar-refractivity contribution < 1.29 is 27.9 Å². The Labute approximate surface area is 139 Å². The van der Waals surface area contributed by atoms with Crippen LogP contribution in [0, 0.1) is 0 Å². The summed E-state index contributed by atoms with van der Waals surface area (Å²) in [6, 6.07) is 2.63. The largest absolute Gasteiger partial charge is 0.463 e. The van der Waals surface area contributed by atoms with E-state index in [0.29, 0.717) is 17.8 Å². The number of nitrogens with one attached hydrogen (secondary N) is 3. The van der Waals surface area contributed by atoms with E-state index in [1.807, 2.05) is 0 Å². The Hall–Kier alpha value is -2.82. The van der Waals surface area contributed by atoms with Gasteiger partial charge < -0.3 is 21.1 Å². The second-order valence-electron chi connectivity index (χ2n) is 5.55. The predicted octanol–water partition coefficient (Wildman–Crippen LogP) is 1.08. The summed E-state index contributed by atoms with van der Waals surface area (Å²) in [5.41, 5.74) is -0.940. The van der Waals surface area contributed by atoms with Gasteiger partial charge in [0.15, 0.2) is 5.82 Å². The average molecular weight is 357 g/mol. The minimum absolute atomic E-state index is 0.00778. The Morgan fingerprint density at radius 3 is 2.64 bits per heavy atom. The highest BCUT2D eigenvalue weighted by Crippen LogP contribution is 2.33. The van der Waals surface area contributed by atoms with Crippen LogP contribution in [0.15, 0.2) is 18.2 Å². The number of alkyl halides is 3. The molecule has 4 N–H and O–H groups in total. The van der Waals surface area contributed by atoms with E-state index in [1.54, 1.807) is 0 Å². The van der Waals surface area contributed by atoms with Crippen LogP contribution in [0.4, 0.5) is 23.8 Å². The second-order valence-corrected chi connectivity index (χ2v) is 5.55. The van der Waals surface area contributed by atoms with E-state index < -0.39 is 17.8 Å². The van der Waals surface area contributed by atoms with Crippen molar-refractivity contribution in [3.63, 3.8) is 0 Å². The van der Waals surface area contributed by atoms with Crippen molar-refractivity contribution >= 4 is 28.7 Å². The van der Waals surface area contributed by atoms with Gasteiger partial charge in [-0.3, -0.25) is 4.79 Å². The highest BCUT2D eigenvalue weighted by atomic mass is 19.4. The molecule has 0 aliphatic carbocycles. The maximum atomic E-state index is 12.9. The van der Waals surface area contributed by atoms with Crippen LogP contribution in [-0.2, 0) is 11.0 Å². The molecule has 1 fully saturated rings. The number of carboxylic acid groups (broad SMARTS) is 1. The van der Waals surface area contributed by atoms with Crippen LogP contribution in [0.3, 0.4) is 0 Å². The highest BCUT2D eigenvalue weighted by molar-refractivity contribution is 5.96. The first kappa shape index (κ1) is 17.0. The molecule has 1 saturated heterocycles. The van der Waals surface area contributed by atoms with Crippen molar-refractivity contribution in [2.75, 3.05) is 25.0 Å². The van der Waals surface area contributed by atoms with Crippen molar-refractivity contribution in [2.45, 2.75) is 12.2 Å². The summed E-state index contributed by atoms with van der Waals surface area (Å²) in [5.74, 6) is -0.470. The Morgan fingerprint density at radius 2 is 2.08 bits per heavy atom. The van der Waals surface area contributed by atoms with Gasteiger partial charge in [-0.05, 0) is 18.2 Å². The fourth-order valence-electron chi connectivity index (χ4n) is 2.40. The summed E-state index contributed by atoms with van der Waals surface area (Å²) in [5, 5.41) is 21.1. The molecule has 0 unspecified atom stereocenters. The maximum Gasteiger partial charge on any atom is 0.432 e. The third-order valence-electron chi connectivity index (χ3n) is 3.75. The monoisotopic (exact) mass is 357 g/mol. The maximum absolute atomic E-state index is 12.9. The number of halogens is 3. The molecule has 0 radical (unpaired) electrons. The Kier molecular flexibility index (Phi) is 4.25. The number of rotatable bonds is 4. The van der Waals surface area contributed by atoms with Crippen LogP contribution in [-0.4, -0.2) is 52.6 Å². The fraction of sp³-hybridized carbons (Fsp3) is 0.357. The van der Waals surface area contributed by atoms with Gasteiger partial charge in [-0.25, -0.2) is 4.79 Å². The molecule has 2 heterocycles. The Morgan fingerprint density at radius 1 is 1.36 bits per heavy atom. The van der Waals surface area contributed by atoms with Crippen molar-refractivity contribution in [1.82, 2.24) is 20.4 Å². The van der Waals surface area contributed by atoms with Crippen molar-refractivity contribution in [3.8, 4) is 0 Å². The SMILES string of the molecule is O=C(CNc1nn(C(=O)O)c2ccc(C(F)(F)F)cc12)NC1CNC1. The number of nitrogens with zero attached hydrogens (tertiary/aromatic N) is 2. The van der Waals surface area contributed by atoms with Gasteiger partial charge >= 0.3 is 12.3 Å². The molecular weight excluding hydrogens is 343 g/mol. The summed E-state index contributed by atoms with van der Waals surface area (Å²) < 4.78 is 39.2. The lowest BCUT2D eigenvalue weighted by Crippen LogP contribution is -2.57. The molecule has 1 aliphatic rings. The summed E-state index contributed by atoms with van der Waals surface area (Å²) in [6.45, 7) is 1.06. The van der Waals surface area contributed by atoms with Gasteiger partial charge in [0.25, 0.3) is 0 Å². The van der Waals surface area contributed by atoms with Gasteiger partial charge in [0.05, 0.1) is 23.7 Å². The minimum atomic E-state index is -4.58. The van der Waals surface area contributed by atoms with Crippen LogP contribution < -0.4 is 16.0 Å². The number of anilines is 1. The van der Waals surface area contributed by atoms with Crippen LogP contribution >= 0.6 is 0 Å². The lowest BCUT2D eigenvalue weighted by molar-refractivity contribution is -0.137. The summed E-state index contributed by atoms with van der Waals surface area (Å²) in [6.07, 6.45) is -6.02. The molecule has 8 nitrogen and oxygen atoms in total. The number of benzene rings is 1. The molecule has 134 valence electrons. The Bertz CT molecular complexity index is 829. The summed E-state index contributed by atoms with van der Waals surface area (Å²) in [4.78, 5) is 23.0. The first-order chi connectivity index (χ1) is 11.8. The molecule has 11 heteroatoms. The first-order valence-corrected chi connectivity index (χ1v) is 7.33. The molecule has 1 aliphatic heterocycles. The van der Waals surface area contributed by atoms with Crippen LogP contribution in [0.25, 0.3) is 10.9 Å². The van der Waals surface area contributed by atoms with Gasteiger partial charge in [-0.15, -0.1) is 5.10 Å². The fourth-order valence-corrected chi connectivity index (χ4v) is 2.40. The topological polar surface area (TPSA) is 108 Å². The van der Waals surface area contributed by atoms with Crippen LogP contribution in [0.2, 0.25) is 0 Å². The molecule has 0 atom stereocenters. The summed E-state index contributed by atoms with van der Waals surface area (Å²) in [7, 11) is 0. The van der Waals surface area contributed by atoms with E-state index in [-0.39, 0.29) is 35.2 Å². The molecule has 0 bridgehead atoms. The second kappa shape index (κ2) is 6.24. The normalized spacial score (nSPS) is 15.0. The lowest BCUT2D eigenvalue weighted by Gasteiger charge is -2.27. The van der Waals surface area contributed by atoms with Crippen molar-refractivity contribution in [2.24, 2.45) is 0 Å². The number of carbonyl (C=O) groups is 2. The standard InChI is InChI=1S/C14H14F3N5O3/c15-14(16,17)7-1-2-10-9(3-7)12(21-22(10)13(24)25)19-6-11(23)20-8-4-18-5-8/h1-3,8,18H,4-6H2,(H,19,21)(H,20,23)(H,24,25). The molecule has 3 rings (SSSR count). The zero-order chi connectivity index (χ0) is 18.2. The lowest BCUT2D eigenvalue weighted by atomic mass is 10.1. The molecule has 25 heavy (non-hydrogen) atoms. The van der Waals surface area contributed by atoms with E-state index in [0.717, 1.165) is 18.2 Å². The minimum Gasteiger partial charge on any atom is -0.463 e. The van der Waals surface area contributed by atoms with Gasteiger partial charge in [0.2, 0.25) is 5.91 Å². The molecule has 1 aromatic heterocycles. The molecule has 1 aromatic carbocycles. The van der Waals surface area contributed by atoms with Gasteiger partial charge in [-0.2, -0.15) is 17.9 Å². The molecule has 0 spiro atoms. The molecule has 1 amide bonds. The highest BCUT2D eigenvalue weighted by Gasteiger charge is 2.31. The Balaban J connectivity index is 1.87. The number of carbonyl (C=O) groups excluding carboxylic acids is 1. The van der Waals surface area contributed by atoms with Gasteiger partial charge in [0.1, 0.15) is 0 Å². The van der Waals surface area contributed by atoms with Gasteiger partial charge in [0, 0.05) is 18.5 Å². The summed E-state index contributed by atoms with van der Waals surface area (Å²) >= 11 is 0. The van der Waals surface area contributed by atoms with Crippen molar-refractivity contribution in [1.29, 1.82) is 0 Å². The molecule has 0 saturated carbocycles. The number of hydrogen-bond donors (Lipinski definition) is 4. The van der Waals surface area contributed by atoms with Crippen LogP contribution in [0.1, 0.15) is 5.56 Å². The first-order valence-electron chi connectivity index (χ1n) is 7.33. The third kappa shape index (κ3) is 3.50. The van der Waals surface area contributed by atoms with Gasteiger partial charge in [-0.1, -0.05) is 0 Å². The zero-order valence-corrected chi connectivity index (χ0v) is 12.7. The number of aromatic nitrogens is 2. The smallest absolute Gasteiger partial charge is 0.432 e. The zero-order valence-electron chi connectivity index (χ0n) is 12.7. The molecular formula is C14H14F3N5O3. The van der Waals surface area contributed by atoms with E-state index >= 15 is 0 Å². The molecule has 2 aromatic rings. The van der Waals surface area contributed by atoms with E-state index in [1.165, 1.54) is 0 Å². The number of fused-ring (bicyclic) bond motifs is 1. The van der Waals surface area contributed by atoms with Crippen LogP contribution in [0.5, 0.6) is 0 Å². The van der Waals surface area contributed by atoms with E-state index in [4.69, 9.17) is 5.11 Å². The quantitative estimate of drug-likeness (QED) is 0.652. The number of amides is 1. The van der Waals surface area contributed by atoms with E-state index in [2.05, 4.69) is 21.0 Å². The third-order valence-corrected chi connectivity index (χ3v) is 3.75. The average Bonchev–Trinajstić information content (AvgIpc) is 2.86. The number of hydrogen-bond acceptors (Lipinski definition) is 5. The van der Waals surface area contributed by atoms with E-state index in [9.17, 15) is 22.8 Å².